The van der Waals surface area contributed by atoms with Crippen LogP contribution in [0.1, 0.15) is 38.9 Å². The predicted octanol–water partition coefficient (Wildman–Crippen LogP) is 2.66. The molecule has 2 N–H and O–H groups in total. The Bertz CT molecular complexity index is 1230. The predicted molar refractivity (Wildman–Crippen MR) is 117 cm³/mol. The van der Waals surface area contributed by atoms with Gasteiger partial charge in [-0.3, -0.25) is 14.7 Å². The molecule has 0 aliphatic carbocycles. The first kappa shape index (κ1) is 20.0. The van der Waals surface area contributed by atoms with Gasteiger partial charge >= 0.3 is 5.91 Å². The second-order valence-corrected chi connectivity index (χ2v) is 8.06. The molecule has 0 bridgehead atoms. The number of hydrogen-bond acceptors (Lipinski definition) is 3. The summed E-state index contributed by atoms with van der Waals surface area (Å²) in [5, 5.41) is 5.71. The van der Waals surface area contributed by atoms with Gasteiger partial charge in [0.05, 0.1) is 23.2 Å². The summed E-state index contributed by atoms with van der Waals surface area (Å²) in [6.07, 6.45) is 0.399. The molecule has 0 fully saturated rings. The molecular formula is C22H20BrN4O3+. The number of rotatable bonds is 3. The van der Waals surface area contributed by atoms with Crippen molar-refractivity contribution in [2.24, 2.45) is 0 Å². The molecule has 152 valence electrons. The summed E-state index contributed by atoms with van der Waals surface area (Å²) in [7, 11) is 1.57. The van der Waals surface area contributed by atoms with Crippen molar-refractivity contribution in [3.63, 3.8) is 0 Å². The fourth-order valence-electron chi connectivity index (χ4n) is 3.56. The monoisotopic (exact) mass is 467 g/mol. The summed E-state index contributed by atoms with van der Waals surface area (Å²) in [6, 6.07) is 14.0. The van der Waals surface area contributed by atoms with Crippen LogP contribution in [0.3, 0.4) is 0 Å². The van der Waals surface area contributed by atoms with Crippen LogP contribution in [0.4, 0.5) is 0 Å². The molecule has 1 aliphatic heterocycles. The lowest BCUT2D eigenvalue weighted by molar-refractivity contribution is -0.449. The second-order valence-electron chi connectivity index (χ2n) is 7.15. The van der Waals surface area contributed by atoms with Gasteiger partial charge in [0.1, 0.15) is 5.69 Å². The first-order chi connectivity index (χ1) is 14.4. The Hall–Kier alpha value is -3.26. The standard InChI is InChI=1S/C22H19BrN4O3/c1-13-11-18-19(12-26(13)21(29)15-3-7-16(23)8-4-15)25-27(22(18)30)17-9-5-14(6-10-17)20(28)24-2/h3-10H,11-12H2,1-2H3,(H-,24,25,28,30)/p+1. The number of fused-ring (bicyclic) bond motifs is 1. The Morgan fingerprint density at radius 1 is 1.07 bits per heavy atom. The molecule has 0 radical (unpaired) electrons. The van der Waals surface area contributed by atoms with Crippen LogP contribution in [-0.4, -0.2) is 38.9 Å². The lowest BCUT2D eigenvalue weighted by Crippen LogP contribution is -2.32. The normalized spacial score (nSPS) is 13.2. The molecule has 3 aromatic rings. The van der Waals surface area contributed by atoms with Crippen LogP contribution < -0.4 is 10.9 Å². The second kappa shape index (κ2) is 7.87. The number of nitrogens with zero attached hydrogens (tertiary/aromatic N) is 2. The van der Waals surface area contributed by atoms with E-state index in [1.165, 1.54) is 4.68 Å². The van der Waals surface area contributed by atoms with E-state index in [0.29, 0.717) is 41.0 Å². The van der Waals surface area contributed by atoms with Gasteiger partial charge in [-0.05, 0) is 48.5 Å². The zero-order valence-electron chi connectivity index (χ0n) is 16.5. The van der Waals surface area contributed by atoms with Crippen molar-refractivity contribution in [1.29, 1.82) is 0 Å². The molecule has 2 aromatic carbocycles. The number of benzene rings is 2. The minimum absolute atomic E-state index is 0.103. The number of amides is 2. The molecule has 0 unspecified atom stereocenters. The highest BCUT2D eigenvalue weighted by molar-refractivity contribution is 9.10. The third-order valence-electron chi connectivity index (χ3n) is 5.23. The van der Waals surface area contributed by atoms with Gasteiger partial charge < -0.3 is 5.32 Å². The van der Waals surface area contributed by atoms with Crippen molar-refractivity contribution in [3.05, 3.63) is 85.7 Å². The van der Waals surface area contributed by atoms with E-state index < -0.39 is 0 Å². The van der Waals surface area contributed by atoms with Gasteiger partial charge in [-0.1, -0.05) is 15.9 Å². The molecule has 2 amide bonds. The highest BCUT2D eigenvalue weighted by Gasteiger charge is 2.32. The lowest BCUT2D eigenvalue weighted by Gasteiger charge is -2.10. The molecule has 4 rings (SSSR count). The Morgan fingerprint density at radius 2 is 1.70 bits per heavy atom. The summed E-state index contributed by atoms with van der Waals surface area (Å²) in [4.78, 5) is 37.7. The molecule has 0 saturated heterocycles. The van der Waals surface area contributed by atoms with E-state index >= 15 is 0 Å². The van der Waals surface area contributed by atoms with Crippen molar-refractivity contribution < 1.29 is 14.2 Å². The topological polar surface area (TPSA) is 87.0 Å². The molecule has 8 heteroatoms. The summed E-state index contributed by atoms with van der Waals surface area (Å²) < 4.78 is 4.06. The van der Waals surface area contributed by atoms with E-state index in [-0.39, 0.29) is 17.4 Å². The van der Waals surface area contributed by atoms with E-state index in [9.17, 15) is 14.4 Å². The number of aromatic nitrogens is 2. The van der Waals surface area contributed by atoms with Crippen LogP contribution in [0, 0.1) is 0 Å². The van der Waals surface area contributed by atoms with Crippen LogP contribution in [0.2, 0.25) is 0 Å². The molecule has 0 atom stereocenters. The molecular weight excluding hydrogens is 448 g/mol. The SMILES string of the molecule is CNC(=O)c1ccc(-n2[nH]c3c(c2=O)CC(C)=[N+](C(=O)c2ccc(Br)cc2)C3)cc1. The first-order valence-electron chi connectivity index (χ1n) is 9.44. The van der Waals surface area contributed by atoms with Crippen molar-refractivity contribution in [2.75, 3.05) is 7.05 Å². The zero-order valence-corrected chi connectivity index (χ0v) is 18.1. The Kier molecular flexibility index (Phi) is 5.26. The highest BCUT2D eigenvalue weighted by atomic mass is 79.9. The van der Waals surface area contributed by atoms with E-state index in [2.05, 4.69) is 26.3 Å². The molecule has 0 saturated carbocycles. The average Bonchev–Trinajstić information content (AvgIpc) is 3.08. The third-order valence-corrected chi connectivity index (χ3v) is 5.76. The van der Waals surface area contributed by atoms with Gasteiger partial charge in [-0.15, -0.1) is 0 Å². The van der Waals surface area contributed by atoms with E-state index in [1.54, 1.807) is 48.0 Å². The quantitative estimate of drug-likeness (QED) is 0.580. The molecule has 0 spiro atoms. The number of carbonyl (C=O) groups excluding carboxylic acids is 2. The fraction of sp³-hybridized carbons (Fsp3) is 0.182. The number of carbonyl (C=O) groups is 2. The van der Waals surface area contributed by atoms with Gasteiger partial charge in [-0.25, -0.2) is 9.48 Å². The fourth-order valence-corrected chi connectivity index (χ4v) is 3.82. The number of nitrogens with one attached hydrogen (secondary N) is 2. The number of hydrogen-bond donors (Lipinski definition) is 2. The zero-order chi connectivity index (χ0) is 21.4. The average molecular weight is 468 g/mol. The van der Waals surface area contributed by atoms with Crippen molar-refractivity contribution in [2.45, 2.75) is 19.9 Å². The summed E-state index contributed by atoms with van der Waals surface area (Å²) >= 11 is 3.38. The van der Waals surface area contributed by atoms with Gasteiger partial charge in [-0.2, -0.15) is 4.58 Å². The first-order valence-corrected chi connectivity index (χ1v) is 10.2. The molecule has 7 nitrogen and oxygen atoms in total. The van der Waals surface area contributed by atoms with Crippen LogP contribution in [0.5, 0.6) is 0 Å². The minimum Gasteiger partial charge on any atom is -0.355 e. The van der Waals surface area contributed by atoms with Crippen LogP contribution >= 0.6 is 15.9 Å². The maximum absolute atomic E-state index is 13.0. The van der Waals surface area contributed by atoms with Gasteiger partial charge in [0.25, 0.3) is 11.5 Å². The molecule has 2 heterocycles. The summed E-state index contributed by atoms with van der Waals surface area (Å²) in [5.41, 5.74) is 3.79. The number of halogens is 1. The molecule has 1 aromatic heterocycles. The Morgan fingerprint density at radius 3 is 2.33 bits per heavy atom. The van der Waals surface area contributed by atoms with Crippen molar-refractivity contribution >= 4 is 33.5 Å². The van der Waals surface area contributed by atoms with Crippen LogP contribution in [-0.2, 0) is 13.0 Å². The maximum atomic E-state index is 13.0. The number of H-pyrrole nitrogens is 1. The maximum Gasteiger partial charge on any atom is 0.419 e. The van der Waals surface area contributed by atoms with Gasteiger partial charge in [0, 0.05) is 24.0 Å². The van der Waals surface area contributed by atoms with E-state index in [0.717, 1.165) is 10.2 Å². The minimum atomic E-state index is -0.188. The highest BCUT2D eigenvalue weighted by Crippen LogP contribution is 2.18. The number of aromatic amines is 1. The van der Waals surface area contributed by atoms with Gasteiger partial charge in [0.2, 0.25) is 0 Å². The summed E-state index contributed by atoms with van der Waals surface area (Å²) in [5.74, 6) is -0.291. The lowest BCUT2D eigenvalue weighted by atomic mass is 10.0. The van der Waals surface area contributed by atoms with E-state index in [1.807, 2.05) is 19.1 Å². The van der Waals surface area contributed by atoms with E-state index in [4.69, 9.17) is 0 Å². The summed E-state index contributed by atoms with van der Waals surface area (Å²) in [6.45, 7) is 2.17. The van der Waals surface area contributed by atoms with Crippen molar-refractivity contribution in [3.8, 4) is 5.69 Å². The Labute approximate surface area is 181 Å². The Balaban J connectivity index is 1.65. The third kappa shape index (κ3) is 3.54. The van der Waals surface area contributed by atoms with Crippen molar-refractivity contribution in [1.82, 2.24) is 15.1 Å². The van der Waals surface area contributed by atoms with Crippen LogP contribution in [0.15, 0.2) is 57.8 Å². The van der Waals surface area contributed by atoms with Crippen LogP contribution in [0.25, 0.3) is 5.69 Å². The molecule has 1 aliphatic rings. The largest absolute Gasteiger partial charge is 0.419 e. The smallest absolute Gasteiger partial charge is 0.355 e. The van der Waals surface area contributed by atoms with Gasteiger partial charge in [0.15, 0.2) is 12.3 Å². The molecule has 30 heavy (non-hydrogen) atoms.